The maximum Gasteiger partial charge on any atom is 0.308 e. The molecule has 0 aromatic rings. The Hall–Kier alpha value is -2.14. The first-order valence-electron chi connectivity index (χ1n) is 7.61. The van der Waals surface area contributed by atoms with E-state index in [9.17, 15) is 14.7 Å². The molecule has 1 amide bonds. The van der Waals surface area contributed by atoms with Crippen LogP contribution in [-0.4, -0.2) is 35.7 Å². The van der Waals surface area contributed by atoms with E-state index in [1.54, 1.807) is 12.2 Å². The number of hydroxylamine groups is 2. The number of rotatable bonds is 13. The Morgan fingerprint density at radius 2 is 2.09 bits per heavy atom. The molecule has 0 spiro atoms. The summed E-state index contributed by atoms with van der Waals surface area (Å²) in [6.07, 6.45) is 9.59. The normalized spacial score (nSPS) is 13.3. The lowest BCUT2D eigenvalue weighted by atomic mass is 10.00. The van der Waals surface area contributed by atoms with Crippen LogP contribution >= 0.6 is 0 Å². The van der Waals surface area contributed by atoms with Crippen LogP contribution in [0.25, 0.3) is 0 Å². The van der Waals surface area contributed by atoms with E-state index in [1.807, 2.05) is 26.0 Å². The van der Waals surface area contributed by atoms with Crippen molar-refractivity contribution in [2.24, 2.45) is 5.92 Å². The first kappa shape index (κ1) is 20.9. The lowest BCUT2D eigenvalue weighted by Crippen LogP contribution is -2.33. The van der Waals surface area contributed by atoms with E-state index in [0.717, 1.165) is 29.1 Å². The van der Waals surface area contributed by atoms with Crippen molar-refractivity contribution in [3.8, 4) is 0 Å². The molecule has 128 valence electrons. The Labute approximate surface area is 138 Å². The highest BCUT2D eigenvalue weighted by Crippen LogP contribution is 2.15. The molecule has 0 bridgehead atoms. The second-order valence-electron chi connectivity index (χ2n) is 5.22. The average molecular weight is 321 g/mol. The van der Waals surface area contributed by atoms with E-state index in [2.05, 4.69) is 13.2 Å². The standard InChI is InChI=1S/C18H27NO4/c1-5-9-15(4)10-8-11-17(18(21)22)12-19(14-20)23-13-16(6-2)7-3/h5-7,9,14,17H,1-2,8,10-13H2,3-4H3,(H,21,22)/b15-9+,16-7+. The number of carbonyl (C=O) groups excluding carboxylic acids is 1. The molecule has 5 nitrogen and oxygen atoms in total. The van der Waals surface area contributed by atoms with Gasteiger partial charge in [0.25, 0.3) is 0 Å². The summed E-state index contributed by atoms with van der Waals surface area (Å²) in [5, 5.41) is 10.3. The van der Waals surface area contributed by atoms with Gasteiger partial charge in [-0.1, -0.05) is 43.0 Å². The second-order valence-corrected chi connectivity index (χ2v) is 5.22. The smallest absolute Gasteiger partial charge is 0.308 e. The van der Waals surface area contributed by atoms with Crippen molar-refractivity contribution in [2.75, 3.05) is 13.2 Å². The third-order valence-electron chi connectivity index (χ3n) is 3.42. The van der Waals surface area contributed by atoms with Gasteiger partial charge in [0.1, 0.15) is 0 Å². The number of hydrogen-bond donors (Lipinski definition) is 1. The zero-order valence-corrected chi connectivity index (χ0v) is 14.0. The van der Waals surface area contributed by atoms with Gasteiger partial charge >= 0.3 is 5.97 Å². The average Bonchev–Trinajstić information content (AvgIpc) is 2.53. The highest BCUT2D eigenvalue weighted by molar-refractivity contribution is 5.70. The van der Waals surface area contributed by atoms with Crippen molar-refractivity contribution in [3.05, 3.63) is 48.6 Å². The lowest BCUT2D eigenvalue weighted by Gasteiger charge is -2.21. The molecule has 1 atom stereocenters. The maximum atomic E-state index is 11.3. The highest BCUT2D eigenvalue weighted by Gasteiger charge is 2.21. The number of hydrogen-bond acceptors (Lipinski definition) is 3. The van der Waals surface area contributed by atoms with Crippen LogP contribution in [0, 0.1) is 5.92 Å². The fourth-order valence-corrected chi connectivity index (χ4v) is 1.97. The molecule has 0 saturated heterocycles. The van der Waals surface area contributed by atoms with Crippen molar-refractivity contribution >= 4 is 12.4 Å². The number of carboxylic acids is 1. The first-order valence-corrected chi connectivity index (χ1v) is 7.61. The summed E-state index contributed by atoms with van der Waals surface area (Å²) in [6.45, 7) is 11.3. The molecule has 1 N–H and O–H groups in total. The van der Waals surface area contributed by atoms with Gasteiger partial charge < -0.3 is 5.11 Å². The molecule has 0 aromatic heterocycles. The molecule has 1 unspecified atom stereocenters. The Bertz CT molecular complexity index is 466. The fourth-order valence-electron chi connectivity index (χ4n) is 1.97. The van der Waals surface area contributed by atoms with Crippen molar-refractivity contribution in [1.29, 1.82) is 0 Å². The third-order valence-corrected chi connectivity index (χ3v) is 3.42. The molecule has 0 aliphatic carbocycles. The van der Waals surface area contributed by atoms with Gasteiger partial charge in [-0.15, -0.1) is 0 Å². The lowest BCUT2D eigenvalue weighted by molar-refractivity contribution is -0.175. The van der Waals surface area contributed by atoms with Gasteiger partial charge in [0, 0.05) is 0 Å². The van der Waals surface area contributed by atoms with Crippen molar-refractivity contribution in [3.63, 3.8) is 0 Å². The zero-order chi connectivity index (χ0) is 17.7. The number of allylic oxidation sites excluding steroid dienone is 4. The van der Waals surface area contributed by atoms with E-state index in [1.165, 1.54) is 0 Å². The van der Waals surface area contributed by atoms with Crippen LogP contribution < -0.4 is 0 Å². The minimum atomic E-state index is -0.930. The SMILES string of the molecule is C=C/C=C(\C)CCCC(CN(C=O)OC/C(C=C)=C/C)C(=O)O. The van der Waals surface area contributed by atoms with Crippen molar-refractivity contribution in [1.82, 2.24) is 5.06 Å². The summed E-state index contributed by atoms with van der Waals surface area (Å²) in [4.78, 5) is 27.7. The topological polar surface area (TPSA) is 66.8 Å². The van der Waals surface area contributed by atoms with Crippen LogP contribution in [0.15, 0.2) is 48.6 Å². The zero-order valence-electron chi connectivity index (χ0n) is 14.0. The molecule has 0 fully saturated rings. The summed E-state index contributed by atoms with van der Waals surface area (Å²) in [5.74, 6) is -1.59. The fraction of sp³-hybridized carbons (Fsp3) is 0.444. The molecule has 0 aromatic carbocycles. The van der Waals surface area contributed by atoms with E-state index < -0.39 is 11.9 Å². The Morgan fingerprint density at radius 1 is 1.39 bits per heavy atom. The molecule has 0 aliphatic heterocycles. The van der Waals surface area contributed by atoms with Crippen LogP contribution in [0.2, 0.25) is 0 Å². The summed E-state index contributed by atoms with van der Waals surface area (Å²) in [5.41, 5.74) is 1.98. The molecule has 0 saturated carbocycles. The van der Waals surface area contributed by atoms with Crippen LogP contribution in [-0.2, 0) is 14.4 Å². The van der Waals surface area contributed by atoms with E-state index in [4.69, 9.17) is 4.84 Å². The van der Waals surface area contributed by atoms with Gasteiger partial charge in [0.05, 0.1) is 19.1 Å². The molecule has 0 rings (SSSR count). The van der Waals surface area contributed by atoms with Crippen LogP contribution in [0.3, 0.4) is 0 Å². The predicted molar refractivity (Wildman–Crippen MR) is 91.6 cm³/mol. The monoisotopic (exact) mass is 321 g/mol. The number of carbonyl (C=O) groups is 2. The number of nitrogens with zero attached hydrogens (tertiary/aromatic N) is 1. The summed E-state index contributed by atoms with van der Waals surface area (Å²) in [7, 11) is 0. The molecule has 5 heteroatoms. The number of amides is 1. The van der Waals surface area contributed by atoms with Gasteiger partial charge in [-0.25, -0.2) is 5.06 Å². The summed E-state index contributed by atoms with van der Waals surface area (Å²) < 4.78 is 0. The Balaban J connectivity index is 4.50. The molecule has 0 aliphatic rings. The summed E-state index contributed by atoms with van der Waals surface area (Å²) >= 11 is 0. The van der Waals surface area contributed by atoms with Gasteiger partial charge in [0.15, 0.2) is 0 Å². The molecule has 0 radical (unpaired) electrons. The third kappa shape index (κ3) is 9.47. The van der Waals surface area contributed by atoms with Gasteiger partial charge in [-0.2, -0.15) is 0 Å². The highest BCUT2D eigenvalue weighted by atomic mass is 16.7. The van der Waals surface area contributed by atoms with Crippen LogP contribution in [0.5, 0.6) is 0 Å². The largest absolute Gasteiger partial charge is 0.481 e. The van der Waals surface area contributed by atoms with Gasteiger partial charge in [-0.3, -0.25) is 14.4 Å². The first-order chi connectivity index (χ1) is 11.0. The minimum Gasteiger partial charge on any atom is -0.481 e. The molecular weight excluding hydrogens is 294 g/mol. The van der Waals surface area contributed by atoms with E-state index in [0.29, 0.717) is 12.8 Å². The van der Waals surface area contributed by atoms with Crippen molar-refractivity contribution < 1.29 is 19.5 Å². The van der Waals surface area contributed by atoms with Crippen LogP contribution in [0.1, 0.15) is 33.1 Å². The Kier molecular flexibility index (Phi) is 11.3. The predicted octanol–water partition coefficient (Wildman–Crippen LogP) is 3.51. The Morgan fingerprint density at radius 3 is 2.57 bits per heavy atom. The number of aliphatic carboxylic acids is 1. The molecular formula is C18H27NO4. The van der Waals surface area contributed by atoms with Gasteiger partial charge in [-0.05, 0) is 38.7 Å². The molecule has 23 heavy (non-hydrogen) atoms. The quantitative estimate of drug-likeness (QED) is 0.320. The number of carboxylic acid groups (broad SMARTS) is 1. The maximum absolute atomic E-state index is 11.3. The van der Waals surface area contributed by atoms with E-state index in [-0.39, 0.29) is 13.2 Å². The van der Waals surface area contributed by atoms with E-state index >= 15 is 0 Å². The van der Waals surface area contributed by atoms with Crippen molar-refractivity contribution in [2.45, 2.75) is 33.1 Å². The van der Waals surface area contributed by atoms with Gasteiger partial charge in [0.2, 0.25) is 6.41 Å². The van der Waals surface area contributed by atoms with Crippen LogP contribution in [0.4, 0.5) is 0 Å². The summed E-state index contributed by atoms with van der Waals surface area (Å²) in [6, 6.07) is 0. The minimum absolute atomic E-state index is 0.0250. The molecule has 0 heterocycles. The second kappa shape index (κ2) is 12.4.